The topological polar surface area (TPSA) is 24.0 Å². The molecule has 4 heteroatoms. The van der Waals surface area contributed by atoms with Crippen LogP contribution >= 0.6 is 0 Å². The van der Waals surface area contributed by atoms with Crippen LogP contribution in [0.5, 0.6) is 11.5 Å². The zero-order valence-electron chi connectivity index (χ0n) is 31.3. The first-order valence-corrected chi connectivity index (χ1v) is 19.8. The second kappa shape index (κ2) is 11.8. The SMILES string of the molecule is c1cc(-c2ccc(-c3cccc4c3-n3c5ccccc5c5cccc(c53)O4)cc2)cc(-n2c3ccccc3c3cc(-n4c5ccccc5c5ccccc54)ccc32)c1. The number of hydrogen-bond donors (Lipinski definition) is 0. The first-order chi connectivity index (χ1) is 28.8. The highest BCUT2D eigenvalue weighted by Crippen LogP contribution is 2.48. The largest absolute Gasteiger partial charge is 0.453 e. The number of ether oxygens (including phenoxy) is 1. The standard InChI is InChI=1S/C54H33N3O/c1-5-20-46-40(14-1)41-15-2-6-21-47(41)56(46)38-30-31-50-45(33-38)43-17-4-7-22-48(43)55(50)37-13-9-12-36(32-37)34-26-28-35(29-27-34)39-18-10-24-51-53(39)57-49-23-8-3-16-42(49)44-19-11-25-52(58-51)54(44)57/h1-33H. The lowest BCUT2D eigenvalue weighted by Gasteiger charge is -2.23. The minimum atomic E-state index is 0.865. The summed E-state index contributed by atoms with van der Waals surface area (Å²) in [6, 6.07) is 72.4. The molecule has 1 aliphatic rings. The van der Waals surface area contributed by atoms with Crippen LogP contribution in [0.2, 0.25) is 0 Å². The number of nitrogens with zero attached hydrogens (tertiary/aromatic N) is 3. The van der Waals surface area contributed by atoms with Crippen molar-refractivity contribution in [3.8, 4) is 50.8 Å². The molecule has 1 aliphatic heterocycles. The molecule has 0 saturated heterocycles. The van der Waals surface area contributed by atoms with Gasteiger partial charge in [0.1, 0.15) is 0 Å². The molecule has 0 spiro atoms. The molecule has 0 atom stereocenters. The van der Waals surface area contributed by atoms with Crippen LogP contribution in [-0.4, -0.2) is 13.7 Å². The molecule has 4 nitrogen and oxygen atoms in total. The molecule has 0 unspecified atom stereocenters. The van der Waals surface area contributed by atoms with Crippen LogP contribution in [0.4, 0.5) is 0 Å². The van der Waals surface area contributed by atoms with E-state index >= 15 is 0 Å². The van der Waals surface area contributed by atoms with Gasteiger partial charge in [-0.2, -0.15) is 0 Å². The molecule has 9 aromatic carbocycles. The highest BCUT2D eigenvalue weighted by molar-refractivity contribution is 6.14. The first-order valence-electron chi connectivity index (χ1n) is 19.8. The van der Waals surface area contributed by atoms with E-state index in [0.717, 1.165) is 45.2 Å². The van der Waals surface area contributed by atoms with Crippen LogP contribution in [0.3, 0.4) is 0 Å². The number of rotatable bonds is 4. The second-order valence-electron chi connectivity index (χ2n) is 15.3. The number of fused-ring (bicyclic) bond motifs is 11. The van der Waals surface area contributed by atoms with Crippen LogP contribution in [0, 0.1) is 0 Å². The molecular weight excluding hydrogens is 707 g/mol. The molecule has 270 valence electrons. The van der Waals surface area contributed by atoms with Gasteiger partial charge in [-0.25, -0.2) is 0 Å². The fourth-order valence-electron chi connectivity index (χ4n) is 9.73. The maximum absolute atomic E-state index is 6.58. The molecule has 0 bridgehead atoms. The van der Waals surface area contributed by atoms with Crippen LogP contribution in [0.1, 0.15) is 0 Å². The van der Waals surface area contributed by atoms with Crippen LogP contribution in [0.25, 0.3) is 105 Å². The Hall–Kier alpha value is -7.82. The lowest BCUT2D eigenvalue weighted by atomic mass is 9.98. The van der Waals surface area contributed by atoms with Gasteiger partial charge in [0, 0.05) is 49.3 Å². The van der Waals surface area contributed by atoms with Gasteiger partial charge in [-0.05, 0) is 83.4 Å². The van der Waals surface area contributed by atoms with E-state index in [1.165, 1.54) is 71.0 Å². The molecule has 58 heavy (non-hydrogen) atoms. The van der Waals surface area contributed by atoms with Crippen LogP contribution in [0.15, 0.2) is 200 Å². The quantitative estimate of drug-likeness (QED) is 0.176. The van der Waals surface area contributed by atoms with Gasteiger partial charge in [0.15, 0.2) is 11.5 Å². The molecule has 0 fully saturated rings. The van der Waals surface area contributed by atoms with Crippen molar-refractivity contribution in [3.63, 3.8) is 0 Å². The second-order valence-corrected chi connectivity index (χ2v) is 15.3. The maximum Gasteiger partial charge on any atom is 0.152 e. The van der Waals surface area contributed by atoms with Gasteiger partial charge in [-0.15, -0.1) is 0 Å². The number of hydrogen-bond acceptors (Lipinski definition) is 1. The van der Waals surface area contributed by atoms with Crippen molar-refractivity contribution in [3.05, 3.63) is 200 Å². The normalized spacial score (nSPS) is 12.3. The van der Waals surface area contributed by atoms with Gasteiger partial charge >= 0.3 is 0 Å². The van der Waals surface area contributed by atoms with Gasteiger partial charge in [-0.1, -0.05) is 133 Å². The van der Waals surface area contributed by atoms with E-state index in [1.807, 2.05) is 0 Å². The fourth-order valence-corrected chi connectivity index (χ4v) is 9.73. The Morgan fingerprint density at radius 2 is 0.793 bits per heavy atom. The van der Waals surface area contributed by atoms with Gasteiger partial charge in [-0.3, -0.25) is 0 Å². The predicted octanol–water partition coefficient (Wildman–Crippen LogP) is 14.4. The minimum absolute atomic E-state index is 0.865. The van der Waals surface area contributed by atoms with E-state index in [4.69, 9.17) is 4.74 Å². The Bertz CT molecular complexity index is 3600. The molecule has 13 rings (SSSR count). The number of benzene rings is 9. The molecule has 0 N–H and O–H groups in total. The van der Waals surface area contributed by atoms with Crippen molar-refractivity contribution in [1.82, 2.24) is 13.7 Å². The van der Waals surface area contributed by atoms with E-state index in [-0.39, 0.29) is 0 Å². The maximum atomic E-state index is 6.58. The van der Waals surface area contributed by atoms with Crippen molar-refractivity contribution < 1.29 is 4.74 Å². The van der Waals surface area contributed by atoms with E-state index in [2.05, 4.69) is 214 Å². The summed E-state index contributed by atoms with van der Waals surface area (Å²) in [6.45, 7) is 0. The molecule has 0 aliphatic carbocycles. The monoisotopic (exact) mass is 739 g/mol. The number of aromatic nitrogens is 3. The Kier molecular flexibility index (Phi) is 6.41. The summed E-state index contributed by atoms with van der Waals surface area (Å²) in [7, 11) is 0. The summed E-state index contributed by atoms with van der Waals surface area (Å²) in [5.74, 6) is 1.75. The first kappa shape index (κ1) is 31.4. The highest BCUT2D eigenvalue weighted by atomic mass is 16.5. The van der Waals surface area contributed by atoms with Gasteiger partial charge in [0.2, 0.25) is 0 Å². The molecule has 4 heterocycles. The van der Waals surface area contributed by atoms with Crippen molar-refractivity contribution in [2.45, 2.75) is 0 Å². The van der Waals surface area contributed by atoms with Crippen molar-refractivity contribution in [1.29, 1.82) is 0 Å². The lowest BCUT2D eigenvalue weighted by molar-refractivity contribution is 0.477. The third-order valence-electron chi connectivity index (χ3n) is 12.2. The summed E-state index contributed by atoms with van der Waals surface area (Å²) < 4.78 is 13.8. The fraction of sp³-hybridized carbons (Fsp3) is 0. The van der Waals surface area contributed by atoms with Crippen LogP contribution in [-0.2, 0) is 0 Å². The zero-order valence-corrected chi connectivity index (χ0v) is 31.3. The molecule has 3 aromatic heterocycles. The molecule has 12 aromatic rings. The molecular formula is C54H33N3O. The number of para-hydroxylation sites is 6. The predicted molar refractivity (Wildman–Crippen MR) is 240 cm³/mol. The lowest BCUT2D eigenvalue weighted by Crippen LogP contribution is -2.05. The third-order valence-corrected chi connectivity index (χ3v) is 12.2. The van der Waals surface area contributed by atoms with Crippen molar-refractivity contribution in [2.24, 2.45) is 0 Å². The summed E-state index contributed by atoms with van der Waals surface area (Å²) >= 11 is 0. The van der Waals surface area contributed by atoms with Crippen molar-refractivity contribution in [2.75, 3.05) is 0 Å². The van der Waals surface area contributed by atoms with Gasteiger partial charge < -0.3 is 18.4 Å². The summed E-state index contributed by atoms with van der Waals surface area (Å²) in [5.41, 5.74) is 15.1. The summed E-state index contributed by atoms with van der Waals surface area (Å²) in [5, 5.41) is 7.44. The van der Waals surface area contributed by atoms with Gasteiger partial charge in [0.05, 0.1) is 38.8 Å². The van der Waals surface area contributed by atoms with E-state index in [0.29, 0.717) is 0 Å². The summed E-state index contributed by atoms with van der Waals surface area (Å²) in [6.07, 6.45) is 0. The summed E-state index contributed by atoms with van der Waals surface area (Å²) in [4.78, 5) is 0. The Morgan fingerprint density at radius 1 is 0.293 bits per heavy atom. The molecule has 0 radical (unpaired) electrons. The minimum Gasteiger partial charge on any atom is -0.453 e. The Morgan fingerprint density at radius 3 is 1.48 bits per heavy atom. The average molecular weight is 740 g/mol. The highest BCUT2D eigenvalue weighted by Gasteiger charge is 2.26. The van der Waals surface area contributed by atoms with E-state index in [9.17, 15) is 0 Å². The van der Waals surface area contributed by atoms with E-state index < -0.39 is 0 Å². The van der Waals surface area contributed by atoms with Crippen molar-refractivity contribution >= 4 is 65.4 Å². The van der Waals surface area contributed by atoms with E-state index in [1.54, 1.807) is 0 Å². The van der Waals surface area contributed by atoms with Crippen LogP contribution < -0.4 is 4.74 Å². The molecule has 0 saturated carbocycles. The zero-order chi connectivity index (χ0) is 37.9. The molecule has 0 amide bonds. The smallest absolute Gasteiger partial charge is 0.152 e. The Labute approximate surface area is 333 Å². The Balaban J connectivity index is 0.917. The van der Waals surface area contributed by atoms with Gasteiger partial charge in [0.25, 0.3) is 0 Å². The average Bonchev–Trinajstić information content (AvgIpc) is 3.93. The third kappa shape index (κ3) is 4.34.